The first-order valence-electron chi connectivity index (χ1n) is 5.83. The summed E-state index contributed by atoms with van der Waals surface area (Å²) < 4.78 is 0. The molecule has 2 rings (SSSR count). The van der Waals surface area contributed by atoms with Crippen molar-refractivity contribution in [3.05, 3.63) is 0 Å². The number of nitrogens with one attached hydrogen (secondary N) is 2. The Morgan fingerprint density at radius 1 is 1.23 bits per heavy atom. The summed E-state index contributed by atoms with van der Waals surface area (Å²) in [6.45, 7) is 4.53. The maximum Gasteiger partial charge on any atom is 0.0459 e. The molecule has 2 aliphatic rings. The van der Waals surface area contributed by atoms with Gasteiger partial charge >= 0.3 is 0 Å². The van der Waals surface area contributed by atoms with Crippen molar-refractivity contribution >= 4 is 0 Å². The quantitative estimate of drug-likeness (QED) is 0.681. The molecule has 0 bridgehead atoms. The molecule has 76 valence electrons. The molecule has 1 heterocycles. The van der Waals surface area contributed by atoms with Gasteiger partial charge in [0, 0.05) is 18.8 Å². The van der Waals surface area contributed by atoms with Crippen LogP contribution < -0.4 is 10.6 Å². The topological polar surface area (TPSA) is 24.1 Å². The van der Waals surface area contributed by atoms with Crippen LogP contribution in [-0.2, 0) is 0 Å². The first-order valence-corrected chi connectivity index (χ1v) is 5.83. The van der Waals surface area contributed by atoms with Crippen LogP contribution in [0.2, 0.25) is 0 Å². The molecule has 0 radical (unpaired) electrons. The third kappa shape index (κ3) is 1.75. The molecule has 2 nitrogen and oxygen atoms in total. The van der Waals surface area contributed by atoms with Crippen LogP contribution in [0.3, 0.4) is 0 Å². The predicted molar refractivity (Wildman–Crippen MR) is 55.6 cm³/mol. The molecule has 13 heavy (non-hydrogen) atoms. The fraction of sp³-hybridized carbons (Fsp3) is 1.00. The first kappa shape index (κ1) is 9.47. The molecule has 1 aliphatic heterocycles. The second-order valence-electron chi connectivity index (χ2n) is 4.62. The van der Waals surface area contributed by atoms with Crippen LogP contribution in [0.4, 0.5) is 0 Å². The van der Waals surface area contributed by atoms with Gasteiger partial charge in [0.15, 0.2) is 0 Å². The molecule has 0 amide bonds. The Morgan fingerprint density at radius 3 is 2.54 bits per heavy atom. The SMILES string of the molecule is CCC1(C2CCCCC2)CNCN1. The van der Waals surface area contributed by atoms with Crippen LogP contribution in [0, 0.1) is 5.92 Å². The molecule has 0 aromatic rings. The molecule has 0 aromatic heterocycles. The minimum absolute atomic E-state index is 0.445. The van der Waals surface area contributed by atoms with Gasteiger partial charge in [0.1, 0.15) is 0 Å². The van der Waals surface area contributed by atoms with Crippen LogP contribution in [0.1, 0.15) is 45.4 Å². The van der Waals surface area contributed by atoms with Crippen LogP contribution in [0.5, 0.6) is 0 Å². The Kier molecular flexibility index (Phi) is 2.89. The Bertz CT molecular complexity index is 155. The van der Waals surface area contributed by atoms with Gasteiger partial charge in [0.2, 0.25) is 0 Å². The van der Waals surface area contributed by atoms with Gasteiger partial charge in [0.05, 0.1) is 0 Å². The third-order valence-corrected chi connectivity index (χ3v) is 4.02. The summed E-state index contributed by atoms with van der Waals surface area (Å²) >= 11 is 0. The van der Waals surface area contributed by atoms with Gasteiger partial charge < -0.3 is 5.32 Å². The molecule has 0 spiro atoms. The Hall–Kier alpha value is -0.0800. The lowest BCUT2D eigenvalue weighted by molar-refractivity contribution is 0.187. The van der Waals surface area contributed by atoms with Crippen LogP contribution in [0.25, 0.3) is 0 Å². The number of hydrogen-bond acceptors (Lipinski definition) is 2. The summed E-state index contributed by atoms with van der Waals surface area (Å²) in [6.07, 6.45) is 8.54. The Labute approximate surface area is 81.5 Å². The number of rotatable bonds is 2. The van der Waals surface area contributed by atoms with Crippen molar-refractivity contribution in [2.24, 2.45) is 5.92 Å². The molecular formula is C11H22N2. The summed E-state index contributed by atoms with van der Waals surface area (Å²) in [5.74, 6) is 0.932. The van der Waals surface area contributed by atoms with E-state index in [2.05, 4.69) is 17.6 Å². The highest BCUT2D eigenvalue weighted by atomic mass is 15.2. The van der Waals surface area contributed by atoms with E-state index in [0.717, 1.165) is 12.6 Å². The van der Waals surface area contributed by atoms with Gasteiger partial charge in [-0.25, -0.2) is 0 Å². The minimum Gasteiger partial charge on any atom is -0.303 e. The second kappa shape index (κ2) is 3.97. The molecule has 1 atom stereocenters. The zero-order valence-corrected chi connectivity index (χ0v) is 8.73. The highest BCUT2D eigenvalue weighted by Crippen LogP contribution is 2.35. The molecule has 2 N–H and O–H groups in total. The van der Waals surface area contributed by atoms with Gasteiger partial charge in [-0.3, -0.25) is 5.32 Å². The lowest BCUT2D eigenvalue weighted by atomic mass is 9.73. The van der Waals surface area contributed by atoms with E-state index < -0.39 is 0 Å². The zero-order valence-electron chi connectivity index (χ0n) is 8.73. The lowest BCUT2D eigenvalue weighted by Gasteiger charge is -2.39. The highest BCUT2D eigenvalue weighted by Gasteiger charge is 2.39. The average molecular weight is 182 g/mol. The highest BCUT2D eigenvalue weighted by molar-refractivity contribution is 4.99. The maximum absolute atomic E-state index is 3.68. The van der Waals surface area contributed by atoms with E-state index in [1.165, 1.54) is 45.1 Å². The minimum atomic E-state index is 0.445. The normalized spacial score (nSPS) is 36.7. The molecule has 1 saturated heterocycles. The lowest BCUT2D eigenvalue weighted by Crippen LogP contribution is -2.49. The van der Waals surface area contributed by atoms with Crippen molar-refractivity contribution in [1.29, 1.82) is 0 Å². The summed E-state index contributed by atoms with van der Waals surface area (Å²) in [4.78, 5) is 0. The smallest absolute Gasteiger partial charge is 0.0459 e. The summed E-state index contributed by atoms with van der Waals surface area (Å²) in [6, 6.07) is 0. The van der Waals surface area contributed by atoms with E-state index in [1.807, 2.05) is 0 Å². The van der Waals surface area contributed by atoms with Gasteiger partial charge in [-0.2, -0.15) is 0 Å². The third-order valence-electron chi connectivity index (χ3n) is 4.02. The summed E-state index contributed by atoms with van der Waals surface area (Å²) in [5, 5.41) is 7.13. The van der Waals surface area contributed by atoms with Gasteiger partial charge in [-0.1, -0.05) is 26.2 Å². The fourth-order valence-corrected chi connectivity index (χ4v) is 3.07. The molecular weight excluding hydrogens is 160 g/mol. The van der Waals surface area contributed by atoms with Crippen molar-refractivity contribution in [3.8, 4) is 0 Å². The van der Waals surface area contributed by atoms with Crippen molar-refractivity contribution in [2.75, 3.05) is 13.2 Å². The second-order valence-corrected chi connectivity index (χ2v) is 4.62. The first-order chi connectivity index (χ1) is 6.37. The van der Waals surface area contributed by atoms with E-state index in [0.29, 0.717) is 5.54 Å². The van der Waals surface area contributed by atoms with E-state index in [9.17, 15) is 0 Å². The summed E-state index contributed by atoms with van der Waals surface area (Å²) in [5.41, 5.74) is 0.445. The van der Waals surface area contributed by atoms with E-state index in [1.54, 1.807) is 0 Å². The van der Waals surface area contributed by atoms with Gasteiger partial charge in [0.25, 0.3) is 0 Å². The van der Waals surface area contributed by atoms with E-state index in [4.69, 9.17) is 0 Å². The van der Waals surface area contributed by atoms with Crippen LogP contribution >= 0.6 is 0 Å². The van der Waals surface area contributed by atoms with Crippen molar-refractivity contribution < 1.29 is 0 Å². The molecule has 1 aliphatic carbocycles. The van der Waals surface area contributed by atoms with Crippen molar-refractivity contribution in [2.45, 2.75) is 51.0 Å². The molecule has 0 aromatic carbocycles. The average Bonchev–Trinajstić information content (AvgIpc) is 2.69. The molecule has 2 fully saturated rings. The monoisotopic (exact) mass is 182 g/mol. The maximum atomic E-state index is 3.68. The van der Waals surface area contributed by atoms with Crippen LogP contribution in [-0.4, -0.2) is 18.8 Å². The molecule has 2 heteroatoms. The van der Waals surface area contributed by atoms with Gasteiger partial charge in [-0.05, 0) is 25.2 Å². The standard InChI is InChI=1S/C11H22N2/c1-2-11(8-12-9-13-11)10-6-4-3-5-7-10/h10,12-13H,2-9H2,1H3. The van der Waals surface area contributed by atoms with Crippen molar-refractivity contribution in [1.82, 2.24) is 10.6 Å². The number of hydrogen-bond donors (Lipinski definition) is 2. The van der Waals surface area contributed by atoms with Gasteiger partial charge in [-0.15, -0.1) is 0 Å². The van der Waals surface area contributed by atoms with Crippen LogP contribution in [0.15, 0.2) is 0 Å². The Morgan fingerprint density at radius 2 is 2.00 bits per heavy atom. The molecule has 1 unspecified atom stereocenters. The largest absolute Gasteiger partial charge is 0.303 e. The van der Waals surface area contributed by atoms with E-state index >= 15 is 0 Å². The van der Waals surface area contributed by atoms with Crippen molar-refractivity contribution in [3.63, 3.8) is 0 Å². The zero-order chi connectivity index (χ0) is 9.15. The molecule has 1 saturated carbocycles. The van der Waals surface area contributed by atoms with E-state index in [-0.39, 0.29) is 0 Å². The summed E-state index contributed by atoms with van der Waals surface area (Å²) in [7, 11) is 0. The Balaban J connectivity index is 2.01. The fourth-order valence-electron chi connectivity index (χ4n) is 3.07. The predicted octanol–water partition coefficient (Wildman–Crippen LogP) is 1.87.